The lowest BCUT2D eigenvalue weighted by atomic mass is 9.93. The number of imide groups is 1. The molecule has 8 heteroatoms. The average molecular weight is 432 g/mol. The topological polar surface area (TPSA) is 79.0 Å². The molecule has 0 aromatic heterocycles. The number of rotatable bonds is 4. The van der Waals surface area contributed by atoms with Crippen molar-refractivity contribution in [2.24, 2.45) is 5.92 Å². The molecule has 4 fully saturated rings. The zero-order chi connectivity index (χ0) is 21.5. The lowest BCUT2D eigenvalue weighted by Crippen LogP contribution is -2.53. The average Bonchev–Trinajstić information content (AvgIpc) is 3.33. The van der Waals surface area contributed by atoms with Crippen LogP contribution in [0.25, 0.3) is 0 Å². The Morgan fingerprint density at radius 2 is 1.84 bits per heavy atom. The Morgan fingerprint density at radius 1 is 1.03 bits per heavy atom. The van der Waals surface area contributed by atoms with E-state index in [0.717, 1.165) is 43.7 Å². The second-order valence-corrected chi connectivity index (χ2v) is 9.45. The van der Waals surface area contributed by atoms with Crippen molar-refractivity contribution in [3.63, 3.8) is 0 Å². The quantitative estimate of drug-likeness (QED) is 0.688. The van der Waals surface area contributed by atoms with E-state index in [2.05, 4.69) is 10.2 Å². The minimum absolute atomic E-state index is 0.0139. The minimum Gasteiger partial charge on any atom is -0.493 e. The van der Waals surface area contributed by atoms with E-state index in [-0.39, 0.29) is 36.2 Å². The Bertz CT molecular complexity index is 833. The van der Waals surface area contributed by atoms with Gasteiger partial charge in [0.2, 0.25) is 11.8 Å². The molecule has 3 heterocycles. The molecule has 3 aliphatic heterocycles. The molecule has 1 N–H and O–H groups in total. The fourth-order valence-corrected chi connectivity index (χ4v) is 5.83. The Morgan fingerprint density at radius 3 is 2.61 bits per heavy atom. The first-order valence-corrected chi connectivity index (χ1v) is 11.6. The van der Waals surface area contributed by atoms with Crippen molar-refractivity contribution in [2.75, 3.05) is 19.6 Å². The van der Waals surface area contributed by atoms with Crippen LogP contribution in [-0.2, 0) is 19.1 Å². The molecular weight excluding hydrogens is 401 g/mol. The summed E-state index contributed by atoms with van der Waals surface area (Å²) in [5.74, 6) is 0.148. The van der Waals surface area contributed by atoms with Gasteiger partial charge in [-0.15, -0.1) is 0 Å². The highest BCUT2D eigenvalue weighted by molar-refractivity contribution is 6.04. The summed E-state index contributed by atoms with van der Waals surface area (Å²) >= 11 is 0. The third kappa shape index (κ3) is 4.02. The van der Waals surface area contributed by atoms with Crippen molar-refractivity contribution >= 4 is 17.7 Å². The Hall–Kier alpha value is -2.22. The van der Waals surface area contributed by atoms with E-state index in [9.17, 15) is 18.8 Å². The van der Waals surface area contributed by atoms with Crippen molar-refractivity contribution in [3.8, 4) is 0 Å². The summed E-state index contributed by atoms with van der Waals surface area (Å²) in [7, 11) is 0. The van der Waals surface area contributed by atoms with Gasteiger partial charge in [-0.05, 0) is 50.7 Å². The first kappa shape index (κ1) is 20.7. The van der Waals surface area contributed by atoms with Gasteiger partial charge in [0, 0.05) is 50.0 Å². The molecule has 5 aliphatic rings. The van der Waals surface area contributed by atoms with Crippen LogP contribution in [0.1, 0.15) is 51.4 Å². The summed E-state index contributed by atoms with van der Waals surface area (Å²) < 4.78 is 20.0. The number of amides is 3. The maximum absolute atomic E-state index is 13.5. The van der Waals surface area contributed by atoms with E-state index in [0.29, 0.717) is 38.3 Å². The molecule has 168 valence electrons. The predicted molar refractivity (Wildman–Crippen MR) is 110 cm³/mol. The zero-order valence-corrected chi connectivity index (χ0v) is 17.7. The fourth-order valence-electron chi connectivity index (χ4n) is 5.83. The molecule has 1 saturated carbocycles. The van der Waals surface area contributed by atoms with Crippen LogP contribution in [0.3, 0.4) is 0 Å². The number of hydrogen-bond acceptors (Lipinski definition) is 5. The first-order valence-electron chi connectivity index (χ1n) is 11.6. The second kappa shape index (κ2) is 8.37. The standard InChI is InChI=1S/C23H30FN3O4/c24-15-8-10-26(11-9-15)18-2-1-3-20(18)31-16-4-5-17-14(12-16)13-27(23(17)30)19-6-7-21(28)25-22(19)29/h4-5,14-15,18-20H,1-3,6-13H2,(H,25,28,29). The van der Waals surface area contributed by atoms with Gasteiger partial charge in [0.25, 0.3) is 5.91 Å². The smallest absolute Gasteiger partial charge is 0.250 e. The minimum atomic E-state index is -0.672. The van der Waals surface area contributed by atoms with Crippen LogP contribution in [0.5, 0.6) is 0 Å². The van der Waals surface area contributed by atoms with Crippen molar-refractivity contribution in [3.05, 3.63) is 23.5 Å². The van der Waals surface area contributed by atoms with Gasteiger partial charge in [0.15, 0.2) is 0 Å². The molecule has 3 saturated heterocycles. The number of carbonyl (C=O) groups is 3. The molecule has 0 radical (unpaired) electrons. The van der Waals surface area contributed by atoms with Crippen LogP contribution in [-0.4, -0.2) is 71.5 Å². The number of piperidine rings is 2. The number of allylic oxidation sites excluding steroid dienone is 3. The number of carbonyl (C=O) groups excluding carboxylic acids is 3. The predicted octanol–water partition coefficient (Wildman–Crippen LogP) is 1.84. The van der Waals surface area contributed by atoms with Crippen LogP contribution in [0.15, 0.2) is 23.5 Å². The molecule has 2 aliphatic carbocycles. The molecular formula is C23H30FN3O4. The molecule has 7 nitrogen and oxygen atoms in total. The number of nitrogens with one attached hydrogen (secondary N) is 1. The van der Waals surface area contributed by atoms with Crippen molar-refractivity contribution in [1.82, 2.24) is 15.1 Å². The zero-order valence-electron chi connectivity index (χ0n) is 17.7. The molecule has 4 unspecified atom stereocenters. The molecule has 0 aromatic carbocycles. The van der Waals surface area contributed by atoms with E-state index < -0.39 is 12.2 Å². The fraction of sp³-hybridized carbons (Fsp3) is 0.696. The molecule has 4 atom stereocenters. The third-order valence-corrected chi connectivity index (χ3v) is 7.50. The van der Waals surface area contributed by atoms with Crippen molar-refractivity contribution in [1.29, 1.82) is 0 Å². The summed E-state index contributed by atoms with van der Waals surface area (Å²) in [6.45, 7) is 2.08. The van der Waals surface area contributed by atoms with Crippen LogP contribution in [0, 0.1) is 5.92 Å². The maximum atomic E-state index is 13.5. The molecule has 0 aromatic rings. The third-order valence-electron chi connectivity index (χ3n) is 7.50. The summed E-state index contributed by atoms with van der Waals surface area (Å²) in [6, 6.07) is -0.234. The highest BCUT2D eigenvalue weighted by Crippen LogP contribution is 2.38. The van der Waals surface area contributed by atoms with Crippen LogP contribution in [0.4, 0.5) is 4.39 Å². The monoisotopic (exact) mass is 431 g/mol. The normalized spacial score (nSPS) is 35.0. The van der Waals surface area contributed by atoms with Crippen LogP contribution in [0.2, 0.25) is 0 Å². The van der Waals surface area contributed by atoms with Crippen LogP contribution < -0.4 is 5.32 Å². The number of halogens is 1. The van der Waals surface area contributed by atoms with E-state index in [4.69, 9.17) is 4.74 Å². The SMILES string of the molecule is O=C1CCC(N2CC3CC(OC4CCCC4N4CCC(F)CC4)=CC=C3C2=O)C(=O)N1. The van der Waals surface area contributed by atoms with Gasteiger partial charge in [-0.25, -0.2) is 4.39 Å². The number of likely N-dealkylation sites (tertiary alicyclic amines) is 2. The Kier molecular flexibility index (Phi) is 5.58. The number of fused-ring (bicyclic) bond motifs is 1. The Balaban J connectivity index is 1.21. The molecule has 3 amide bonds. The lowest BCUT2D eigenvalue weighted by Gasteiger charge is -2.37. The van der Waals surface area contributed by atoms with E-state index in [1.807, 2.05) is 12.2 Å². The summed E-state index contributed by atoms with van der Waals surface area (Å²) in [5, 5.41) is 2.35. The summed E-state index contributed by atoms with van der Waals surface area (Å²) in [5.41, 5.74) is 0.727. The molecule has 0 bridgehead atoms. The first-order chi connectivity index (χ1) is 15.0. The van der Waals surface area contributed by atoms with Crippen molar-refractivity contribution in [2.45, 2.75) is 75.7 Å². The largest absolute Gasteiger partial charge is 0.493 e. The summed E-state index contributed by atoms with van der Waals surface area (Å²) in [6.07, 6.45) is 8.90. The van der Waals surface area contributed by atoms with Gasteiger partial charge in [-0.2, -0.15) is 0 Å². The van der Waals surface area contributed by atoms with Gasteiger partial charge >= 0.3 is 0 Å². The van der Waals surface area contributed by atoms with Gasteiger partial charge in [-0.1, -0.05) is 0 Å². The molecule has 31 heavy (non-hydrogen) atoms. The van der Waals surface area contributed by atoms with E-state index in [1.54, 1.807) is 4.90 Å². The van der Waals surface area contributed by atoms with Crippen LogP contribution >= 0.6 is 0 Å². The number of hydrogen-bond donors (Lipinski definition) is 1. The highest BCUT2D eigenvalue weighted by atomic mass is 19.1. The molecule has 0 spiro atoms. The number of nitrogens with zero attached hydrogens (tertiary/aromatic N) is 2. The summed E-state index contributed by atoms with van der Waals surface area (Å²) in [4.78, 5) is 40.6. The maximum Gasteiger partial charge on any atom is 0.250 e. The van der Waals surface area contributed by atoms with Gasteiger partial charge in [0.1, 0.15) is 18.3 Å². The van der Waals surface area contributed by atoms with E-state index >= 15 is 0 Å². The van der Waals surface area contributed by atoms with E-state index in [1.165, 1.54) is 0 Å². The van der Waals surface area contributed by atoms with Gasteiger partial charge < -0.3 is 9.64 Å². The lowest BCUT2D eigenvalue weighted by molar-refractivity contribution is -0.142. The molecule has 5 rings (SSSR count). The van der Waals surface area contributed by atoms with Crippen molar-refractivity contribution < 1.29 is 23.5 Å². The number of ether oxygens (including phenoxy) is 1. The Labute approximate surface area is 181 Å². The van der Waals surface area contributed by atoms with Gasteiger partial charge in [-0.3, -0.25) is 24.6 Å². The second-order valence-electron chi connectivity index (χ2n) is 9.45. The highest BCUT2D eigenvalue weighted by Gasteiger charge is 2.44. The van der Waals surface area contributed by atoms with Gasteiger partial charge in [0.05, 0.1) is 5.76 Å². The number of alkyl halides is 1.